The van der Waals surface area contributed by atoms with Crippen LogP contribution in [0.4, 0.5) is 5.95 Å². The first-order valence-corrected chi connectivity index (χ1v) is 4.70. The minimum Gasteiger partial charge on any atom is -0.367 e. The molecule has 0 unspecified atom stereocenters. The number of rotatable bonds is 2. The third-order valence-electron chi connectivity index (χ3n) is 2.22. The molecule has 0 bridgehead atoms. The molecule has 1 aromatic heterocycles. The van der Waals surface area contributed by atoms with Gasteiger partial charge in [0.2, 0.25) is 11.9 Å². The van der Waals surface area contributed by atoms with E-state index in [-0.39, 0.29) is 0 Å². The number of hydrogen-bond donors (Lipinski definition) is 1. The van der Waals surface area contributed by atoms with Crippen LogP contribution in [-0.2, 0) is 9.53 Å². The highest BCUT2D eigenvalue weighted by Crippen LogP contribution is 2.11. The highest BCUT2D eigenvalue weighted by Gasteiger charge is 2.25. The molecule has 0 saturated carbocycles. The maximum absolute atomic E-state index is 11.0. The molecule has 15 heavy (non-hydrogen) atoms. The molecule has 1 fully saturated rings. The first-order chi connectivity index (χ1) is 7.27. The molecule has 1 aliphatic rings. The number of carbonyl (C=O) groups is 1. The van der Waals surface area contributed by atoms with Crippen LogP contribution in [0.3, 0.4) is 0 Å². The van der Waals surface area contributed by atoms with Crippen LogP contribution < -0.4 is 10.6 Å². The first-order valence-electron chi connectivity index (χ1n) is 4.70. The van der Waals surface area contributed by atoms with Gasteiger partial charge in [0.1, 0.15) is 0 Å². The van der Waals surface area contributed by atoms with E-state index in [1.165, 1.54) is 0 Å². The van der Waals surface area contributed by atoms with Crippen molar-refractivity contribution in [2.24, 2.45) is 5.73 Å². The Bertz CT molecular complexity index is 343. The minimum atomic E-state index is -0.567. The Hall–Kier alpha value is -1.69. The Balaban J connectivity index is 2.08. The number of primary amides is 1. The van der Waals surface area contributed by atoms with Gasteiger partial charge < -0.3 is 15.4 Å². The van der Waals surface area contributed by atoms with Crippen molar-refractivity contribution in [2.75, 3.05) is 24.6 Å². The maximum Gasteiger partial charge on any atom is 0.248 e. The molecule has 2 heterocycles. The number of aromatic nitrogens is 2. The summed E-state index contributed by atoms with van der Waals surface area (Å²) in [5, 5.41) is 0. The molecular weight excluding hydrogens is 196 g/mol. The van der Waals surface area contributed by atoms with E-state index < -0.39 is 12.0 Å². The number of hydrogen-bond acceptors (Lipinski definition) is 5. The summed E-state index contributed by atoms with van der Waals surface area (Å²) >= 11 is 0. The zero-order chi connectivity index (χ0) is 10.7. The average molecular weight is 208 g/mol. The lowest BCUT2D eigenvalue weighted by Crippen LogP contribution is -2.49. The molecule has 6 nitrogen and oxygen atoms in total. The lowest BCUT2D eigenvalue weighted by Gasteiger charge is -2.31. The summed E-state index contributed by atoms with van der Waals surface area (Å²) in [6.07, 6.45) is 2.76. The fraction of sp³-hybridized carbons (Fsp3) is 0.444. The van der Waals surface area contributed by atoms with Gasteiger partial charge in [-0.15, -0.1) is 0 Å². The monoisotopic (exact) mass is 208 g/mol. The molecule has 2 N–H and O–H groups in total. The van der Waals surface area contributed by atoms with Gasteiger partial charge in [-0.2, -0.15) is 0 Å². The number of nitrogens with zero attached hydrogens (tertiary/aromatic N) is 3. The molecule has 1 atom stereocenters. The third kappa shape index (κ3) is 2.21. The van der Waals surface area contributed by atoms with Crippen molar-refractivity contribution in [3.8, 4) is 0 Å². The Kier molecular flexibility index (Phi) is 2.77. The van der Waals surface area contributed by atoms with Gasteiger partial charge in [-0.3, -0.25) is 4.79 Å². The Morgan fingerprint density at radius 3 is 2.93 bits per heavy atom. The van der Waals surface area contributed by atoms with E-state index in [0.717, 1.165) is 0 Å². The average Bonchev–Trinajstić information content (AvgIpc) is 2.30. The van der Waals surface area contributed by atoms with Crippen LogP contribution in [0.25, 0.3) is 0 Å². The summed E-state index contributed by atoms with van der Waals surface area (Å²) in [6.45, 7) is 1.55. The second-order valence-electron chi connectivity index (χ2n) is 3.26. The summed E-state index contributed by atoms with van der Waals surface area (Å²) in [6, 6.07) is 1.75. The molecule has 1 amide bonds. The molecular formula is C9H12N4O2. The first kappa shape index (κ1) is 9.85. The molecule has 1 saturated heterocycles. The van der Waals surface area contributed by atoms with Gasteiger partial charge in [-0.05, 0) is 6.07 Å². The van der Waals surface area contributed by atoms with Crippen LogP contribution in [0.2, 0.25) is 0 Å². The molecule has 80 valence electrons. The van der Waals surface area contributed by atoms with Crippen molar-refractivity contribution in [1.82, 2.24) is 9.97 Å². The third-order valence-corrected chi connectivity index (χ3v) is 2.22. The Morgan fingerprint density at radius 1 is 1.53 bits per heavy atom. The van der Waals surface area contributed by atoms with Crippen molar-refractivity contribution >= 4 is 11.9 Å². The molecule has 0 aliphatic carbocycles. The number of anilines is 1. The van der Waals surface area contributed by atoms with Crippen molar-refractivity contribution in [1.29, 1.82) is 0 Å². The fourth-order valence-electron chi connectivity index (χ4n) is 1.46. The van der Waals surface area contributed by atoms with Crippen LogP contribution in [0.1, 0.15) is 0 Å². The highest BCUT2D eigenvalue weighted by atomic mass is 16.5. The number of ether oxygens (including phenoxy) is 1. The zero-order valence-corrected chi connectivity index (χ0v) is 8.17. The molecule has 0 aromatic carbocycles. The number of carbonyl (C=O) groups excluding carboxylic acids is 1. The summed E-state index contributed by atoms with van der Waals surface area (Å²) in [5.74, 6) is 0.155. The smallest absolute Gasteiger partial charge is 0.248 e. The quantitative estimate of drug-likeness (QED) is 0.685. The fourth-order valence-corrected chi connectivity index (χ4v) is 1.46. The minimum absolute atomic E-state index is 0.416. The van der Waals surface area contributed by atoms with Crippen LogP contribution in [-0.4, -0.2) is 41.7 Å². The lowest BCUT2D eigenvalue weighted by atomic mass is 10.2. The van der Waals surface area contributed by atoms with Crippen LogP contribution >= 0.6 is 0 Å². The molecule has 6 heteroatoms. The summed E-state index contributed by atoms with van der Waals surface area (Å²) in [4.78, 5) is 21.1. The van der Waals surface area contributed by atoms with E-state index in [9.17, 15) is 4.79 Å². The van der Waals surface area contributed by atoms with Gasteiger partial charge in [0.25, 0.3) is 0 Å². The summed E-state index contributed by atoms with van der Waals surface area (Å²) in [7, 11) is 0. The second-order valence-corrected chi connectivity index (χ2v) is 3.26. The van der Waals surface area contributed by atoms with Crippen molar-refractivity contribution in [3.05, 3.63) is 18.5 Å². The number of amides is 1. The topological polar surface area (TPSA) is 81.3 Å². The SMILES string of the molecule is NC(=O)[C@@H]1CN(c2ncccn2)CCO1. The molecule has 1 aliphatic heterocycles. The van der Waals surface area contributed by atoms with Gasteiger partial charge in [-0.25, -0.2) is 9.97 Å². The largest absolute Gasteiger partial charge is 0.367 e. The molecule has 2 rings (SSSR count). The van der Waals surface area contributed by atoms with Crippen molar-refractivity contribution in [3.63, 3.8) is 0 Å². The van der Waals surface area contributed by atoms with Crippen molar-refractivity contribution < 1.29 is 9.53 Å². The van der Waals surface area contributed by atoms with E-state index in [1.54, 1.807) is 18.5 Å². The van der Waals surface area contributed by atoms with Crippen LogP contribution in [0, 0.1) is 0 Å². The summed E-state index contributed by atoms with van der Waals surface area (Å²) in [5.41, 5.74) is 5.18. The standard InChI is InChI=1S/C9H12N4O2/c10-8(14)7-6-13(4-5-15-7)9-11-2-1-3-12-9/h1-3,7H,4-6H2,(H2,10,14)/t7-/m0/s1. The Morgan fingerprint density at radius 2 is 2.27 bits per heavy atom. The normalized spacial score (nSPS) is 21.3. The van der Waals surface area contributed by atoms with Gasteiger partial charge in [0.05, 0.1) is 13.2 Å². The van der Waals surface area contributed by atoms with Gasteiger partial charge >= 0.3 is 0 Å². The lowest BCUT2D eigenvalue weighted by molar-refractivity contribution is -0.130. The van der Waals surface area contributed by atoms with E-state index in [4.69, 9.17) is 10.5 Å². The number of morpholine rings is 1. The number of nitrogens with two attached hydrogens (primary N) is 1. The summed E-state index contributed by atoms with van der Waals surface area (Å²) < 4.78 is 5.22. The Labute approximate surface area is 87.1 Å². The van der Waals surface area contributed by atoms with Crippen molar-refractivity contribution in [2.45, 2.75) is 6.10 Å². The van der Waals surface area contributed by atoms with E-state index in [2.05, 4.69) is 9.97 Å². The highest BCUT2D eigenvalue weighted by molar-refractivity contribution is 5.79. The zero-order valence-electron chi connectivity index (χ0n) is 8.17. The van der Waals surface area contributed by atoms with Gasteiger partial charge in [0.15, 0.2) is 6.10 Å². The van der Waals surface area contributed by atoms with E-state index in [1.807, 2.05) is 4.90 Å². The predicted molar refractivity (Wildman–Crippen MR) is 53.2 cm³/mol. The van der Waals surface area contributed by atoms with E-state index >= 15 is 0 Å². The second kappa shape index (κ2) is 4.22. The molecule has 0 spiro atoms. The van der Waals surface area contributed by atoms with Gasteiger partial charge in [0, 0.05) is 18.9 Å². The maximum atomic E-state index is 11.0. The van der Waals surface area contributed by atoms with Gasteiger partial charge in [-0.1, -0.05) is 0 Å². The molecule has 0 radical (unpaired) electrons. The molecule has 1 aromatic rings. The van der Waals surface area contributed by atoms with Crippen LogP contribution in [0.5, 0.6) is 0 Å². The van der Waals surface area contributed by atoms with Crippen LogP contribution in [0.15, 0.2) is 18.5 Å². The predicted octanol–water partition coefficient (Wildman–Crippen LogP) is -0.833. The van der Waals surface area contributed by atoms with E-state index in [0.29, 0.717) is 25.6 Å².